The molecule has 2 N–H and O–H groups in total. The van der Waals surface area contributed by atoms with Gasteiger partial charge in [0, 0.05) is 12.1 Å². The second-order valence-electron chi connectivity index (χ2n) is 5.81. The van der Waals surface area contributed by atoms with Crippen LogP contribution in [0.25, 0.3) is 10.2 Å². The Morgan fingerprint density at radius 3 is 2.71 bits per heavy atom. The van der Waals surface area contributed by atoms with Crippen LogP contribution < -0.4 is 5.73 Å². The van der Waals surface area contributed by atoms with Crippen molar-refractivity contribution < 1.29 is 0 Å². The maximum absolute atomic E-state index is 5.78. The first kappa shape index (κ1) is 12.4. The average molecular weight is 248 g/mol. The molecule has 0 saturated carbocycles. The lowest BCUT2D eigenvalue weighted by atomic mass is 9.80. The molecule has 0 aliphatic heterocycles. The Balaban J connectivity index is 2.25. The van der Waals surface area contributed by atoms with Gasteiger partial charge in [0.2, 0.25) is 0 Å². The van der Waals surface area contributed by atoms with E-state index in [2.05, 4.69) is 32.7 Å². The number of benzene rings is 1. The summed E-state index contributed by atoms with van der Waals surface area (Å²) in [6.07, 6.45) is 1.04. The Kier molecular flexibility index (Phi) is 3.13. The largest absolute Gasteiger partial charge is 0.399 e. The van der Waals surface area contributed by atoms with Crippen molar-refractivity contribution in [1.29, 1.82) is 0 Å². The molecule has 2 nitrogen and oxygen atoms in total. The molecule has 0 saturated heterocycles. The molecule has 2 aromatic rings. The van der Waals surface area contributed by atoms with Crippen molar-refractivity contribution in [3.05, 3.63) is 23.2 Å². The van der Waals surface area contributed by atoms with Gasteiger partial charge in [-0.1, -0.05) is 27.7 Å². The lowest BCUT2D eigenvalue weighted by Crippen LogP contribution is -2.19. The number of hydrogen-bond donors (Lipinski definition) is 1. The highest BCUT2D eigenvalue weighted by Crippen LogP contribution is 2.31. The minimum Gasteiger partial charge on any atom is -0.399 e. The maximum Gasteiger partial charge on any atom is 0.0941 e. The van der Waals surface area contributed by atoms with Gasteiger partial charge in [0.05, 0.1) is 15.2 Å². The van der Waals surface area contributed by atoms with Crippen molar-refractivity contribution >= 4 is 27.2 Å². The zero-order chi connectivity index (χ0) is 12.6. The Hall–Kier alpha value is -1.09. The fourth-order valence-corrected chi connectivity index (χ4v) is 2.79. The Bertz CT molecular complexity index is 522. The van der Waals surface area contributed by atoms with Gasteiger partial charge in [0.25, 0.3) is 0 Å². The fraction of sp³-hybridized carbons (Fsp3) is 0.500. The van der Waals surface area contributed by atoms with E-state index in [-0.39, 0.29) is 0 Å². The maximum atomic E-state index is 5.78. The molecule has 1 aromatic heterocycles. The molecule has 0 fully saturated rings. The van der Waals surface area contributed by atoms with Gasteiger partial charge in [-0.25, -0.2) is 4.98 Å². The van der Waals surface area contributed by atoms with Gasteiger partial charge in [0.1, 0.15) is 0 Å². The first-order chi connectivity index (χ1) is 7.86. The molecule has 0 aliphatic carbocycles. The van der Waals surface area contributed by atoms with Gasteiger partial charge < -0.3 is 5.73 Å². The minimum absolute atomic E-state index is 0.330. The topological polar surface area (TPSA) is 38.9 Å². The summed E-state index contributed by atoms with van der Waals surface area (Å²) in [4.78, 5) is 4.67. The van der Waals surface area contributed by atoms with Crippen LogP contribution in [0, 0.1) is 11.3 Å². The van der Waals surface area contributed by atoms with Crippen LogP contribution in [0.4, 0.5) is 5.69 Å². The molecule has 3 heteroatoms. The van der Waals surface area contributed by atoms with Crippen LogP contribution in [0.15, 0.2) is 18.2 Å². The van der Waals surface area contributed by atoms with Crippen LogP contribution in [-0.4, -0.2) is 4.98 Å². The van der Waals surface area contributed by atoms with E-state index < -0.39 is 0 Å². The highest BCUT2D eigenvalue weighted by molar-refractivity contribution is 7.18. The Morgan fingerprint density at radius 2 is 2.06 bits per heavy atom. The van der Waals surface area contributed by atoms with E-state index >= 15 is 0 Å². The van der Waals surface area contributed by atoms with Crippen molar-refractivity contribution in [3.63, 3.8) is 0 Å². The number of nitrogen functional groups attached to an aromatic ring is 1. The summed E-state index contributed by atoms with van der Waals surface area (Å²) in [5.41, 5.74) is 8.00. The summed E-state index contributed by atoms with van der Waals surface area (Å²) in [5, 5.41) is 1.22. The van der Waals surface area contributed by atoms with Crippen molar-refractivity contribution in [1.82, 2.24) is 4.98 Å². The number of aromatic nitrogens is 1. The van der Waals surface area contributed by atoms with Crippen LogP contribution in [0.3, 0.4) is 0 Å². The van der Waals surface area contributed by atoms with Gasteiger partial charge in [-0.3, -0.25) is 0 Å². The fourth-order valence-electron chi connectivity index (χ4n) is 1.64. The number of thiazole rings is 1. The molecule has 0 radical (unpaired) electrons. The standard InChI is InChI=1S/C14H20N2S/c1-9(14(2,3)4)7-13-16-11-6-5-10(15)8-12(11)17-13/h5-6,8-9H,7,15H2,1-4H3. The normalized spacial score (nSPS) is 14.1. The highest BCUT2D eigenvalue weighted by atomic mass is 32.1. The SMILES string of the molecule is CC(Cc1nc2ccc(N)cc2s1)C(C)(C)C. The first-order valence-electron chi connectivity index (χ1n) is 6.01. The monoisotopic (exact) mass is 248 g/mol. The van der Waals surface area contributed by atoms with Crippen molar-refractivity contribution in [2.45, 2.75) is 34.1 Å². The second-order valence-corrected chi connectivity index (χ2v) is 6.92. The third-order valence-electron chi connectivity index (χ3n) is 3.42. The molecule has 0 amide bonds. The molecular weight excluding hydrogens is 228 g/mol. The third-order valence-corrected chi connectivity index (χ3v) is 4.46. The average Bonchev–Trinajstić information content (AvgIpc) is 2.57. The number of nitrogens with zero attached hydrogens (tertiary/aromatic N) is 1. The van der Waals surface area contributed by atoms with Crippen LogP contribution in [-0.2, 0) is 6.42 Å². The lowest BCUT2D eigenvalue weighted by Gasteiger charge is -2.26. The van der Waals surface area contributed by atoms with E-state index in [0.29, 0.717) is 11.3 Å². The molecule has 1 aromatic carbocycles. The molecule has 0 spiro atoms. The summed E-state index contributed by atoms with van der Waals surface area (Å²) < 4.78 is 1.20. The van der Waals surface area contributed by atoms with Crippen molar-refractivity contribution in [2.75, 3.05) is 5.73 Å². The Morgan fingerprint density at radius 1 is 1.35 bits per heavy atom. The van der Waals surface area contributed by atoms with E-state index in [4.69, 9.17) is 5.73 Å². The number of anilines is 1. The summed E-state index contributed by atoms with van der Waals surface area (Å²) in [7, 11) is 0. The quantitative estimate of drug-likeness (QED) is 0.812. The molecule has 1 unspecified atom stereocenters. The Labute approximate surface area is 107 Å². The molecule has 1 atom stereocenters. The number of rotatable bonds is 2. The number of hydrogen-bond acceptors (Lipinski definition) is 3. The van der Waals surface area contributed by atoms with Crippen LogP contribution in [0.1, 0.15) is 32.7 Å². The molecular formula is C14H20N2S. The van der Waals surface area contributed by atoms with Gasteiger partial charge in [-0.05, 0) is 29.5 Å². The van der Waals surface area contributed by atoms with Gasteiger partial charge in [-0.2, -0.15) is 0 Å². The summed E-state index contributed by atoms with van der Waals surface area (Å²) in [5.74, 6) is 0.625. The van der Waals surface area contributed by atoms with E-state index in [0.717, 1.165) is 17.6 Å². The van der Waals surface area contributed by atoms with Crippen LogP contribution in [0.5, 0.6) is 0 Å². The summed E-state index contributed by atoms with van der Waals surface area (Å²) in [6, 6.07) is 5.93. The number of nitrogens with two attached hydrogens (primary N) is 1. The smallest absolute Gasteiger partial charge is 0.0941 e. The first-order valence-corrected chi connectivity index (χ1v) is 6.83. The molecule has 17 heavy (non-hydrogen) atoms. The zero-order valence-corrected chi connectivity index (χ0v) is 11.8. The van der Waals surface area contributed by atoms with Crippen LogP contribution in [0.2, 0.25) is 0 Å². The molecule has 1 heterocycles. The molecule has 92 valence electrons. The van der Waals surface area contributed by atoms with E-state index in [1.54, 1.807) is 11.3 Å². The van der Waals surface area contributed by atoms with Gasteiger partial charge in [-0.15, -0.1) is 11.3 Å². The van der Waals surface area contributed by atoms with E-state index in [9.17, 15) is 0 Å². The van der Waals surface area contributed by atoms with Crippen molar-refractivity contribution in [2.24, 2.45) is 11.3 Å². The second kappa shape index (κ2) is 4.30. The minimum atomic E-state index is 0.330. The number of fused-ring (bicyclic) bond motifs is 1. The highest BCUT2D eigenvalue weighted by Gasteiger charge is 2.21. The predicted molar refractivity (Wildman–Crippen MR) is 76.4 cm³/mol. The van der Waals surface area contributed by atoms with Crippen LogP contribution >= 0.6 is 11.3 Å². The van der Waals surface area contributed by atoms with E-state index in [1.807, 2.05) is 18.2 Å². The molecule has 0 aliphatic rings. The van der Waals surface area contributed by atoms with Gasteiger partial charge in [0.15, 0.2) is 0 Å². The predicted octanol–water partition coefficient (Wildman–Crippen LogP) is 4.10. The summed E-state index contributed by atoms with van der Waals surface area (Å²) in [6.45, 7) is 9.13. The van der Waals surface area contributed by atoms with Crippen molar-refractivity contribution in [3.8, 4) is 0 Å². The molecule has 0 bridgehead atoms. The third kappa shape index (κ3) is 2.78. The van der Waals surface area contributed by atoms with Gasteiger partial charge >= 0.3 is 0 Å². The zero-order valence-electron chi connectivity index (χ0n) is 10.9. The summed E-state index contributed by atoms with van der Waals surface area (Å²) >= 11 is 1.76. The van der Waals surface area contributed by atoms with E-state index in [1.165, 1.54) is 9.71 Å². The molecule has 2 rings (SSSR count). The lowest BCUT2D eigenvalue weighted by molar-refractivity contribution is 0.260.